The van der Waals surface area contributed by atoms with Crippen LogP contribution in [0.1, 0.15) is 29.8 Å². The summed E-state index contributed by atoms with van der Waals surface area (Å²) in [6, 6.07) is 2.00. The van der Waals surface area contributed by atoms with Crippen LogP contribution in [0.3, 0.4) is 0 Å². The van der Waals surface area contributed by atoms with Gasteiger partial charge in [0.1, 0.15) is 5.84 Å². The molecule has 0 aromatic carbocycles. The molecule has 2 rings (SSSR count). The molecule has 6 heteroatoms. The summed E-state index contributed by atoms with van der Waals surface area (Å²) in [6.07, 6.45) is 2.04. The Labute approximate surface area is 125 Å². The van der Waals surface area contributed by atoms with Crippen molar-refractivity contribution in [1.29, 1.82) is 5.41 Å². The molecule has 0 unspecified atom stereocenters. The van der Waals surface area contributed by atoms with Crippen molar-refractivity contribution in [3.8, 4) is 0 Å². The molecule has 0 amide bonds. The Morgan fingerprint density at radius 3 is 2.71 bits per heavy atom. The Hall–Kier alpha value is -1.66. The molecule has 0 saturated carbocycles. The minimum absolute atomic E-state index is 0.0636. The van der Waals surface area contributed by atoms with Gasteiger partial charge in [-0.1, -0.05) is 0 Å². The third kappa shape index (κ3) is 3.71. The predicted octanol–water partition coefficient (Wildman–Crippen LogP) is 0.960. The molecule has 116 valence electrons. The van der Waals surface area contributed by atoms with E-state index in [2.05, 4.69) is 9.88 Å². The summed E-state index contributed by atoms with van der Waals surface area (Å²) in [5, 5.41) is 16.6. The average molecular weight is 292 g/mol. The summed E-state index contributed by atoms with van der Waals surface area (Å²) in [7, 11) is 0. The minimum atomic E-state index is 0.0636. The third-order valence-electron chi connectivity index (χ3n) is 3.80. The van der Waals surface area contributed by atoms with Gasteiger partial charge in [-0.15, -0.1) is 0 Å². The third-order valence-corrected chi connectivity index (χ3v) is 3.80. The molecular weight excluding hydrogens is 268 g/mol. The first-order valence-corrected chi connectivity index (χ1v) is 7.33. The van der Waals surface area contributed by atoms with Gasteiger partial charge in [0.05, 0.1) is 36.3 Å². The van der Waals surface area contributed by atoms with Gasteiger partial charge in [0.25, 0.3) is 0 Å². The molecule has 0 atom stereocenters. The zero-order valence-corrected chi connectivity index (χ0v) is 12.7. The maximum Gasteiger partial charge on any atom is 0.126 e. The topological polar surface area (TPSA) is 95.5 Å². The molecule has 1 aliphatic heterocycles. The number of anilines is 1. The van der Waals surface area contributed by atoms with E-state index in [1.165, 1.54) is 0 Å². The van der Waals surface area contributed by atoms with E-state index in [0.717, 1.165) is 48.6 Å². The van der Waals surface area contributed by atoms with Crippen molar-refractivity contribution >= 4 is 11.5 Å². The monoisotopic (exact) mass is 292 g/mol. The van der Waals surface area contributed by atoms with Crippen LogP contribution in [0.25, 0.3) is 0 Å². The Morgan fingerprint density at radius 1 is 1.48 bits per heavy atom. The Kier molecular flexibility index (Phi) is 5.14. The Bertz CT molecular complexity index is 511. The highest BCUT2D eigenvalue weighted by atomic mass is 16.5. The lowest BCUT2D eigenvalue weighted by molar-refractivity contribution is 0.0159. The molecule has 0 spiro atoms. The number of aryl methyl sites for hydroxylation is 2. The summed E-state index contributed by atoms with van der Waals surface area (Å²) in [5.41, 5.74) is 9.19. The summed E-state index contributed by atoms with van der Waals surface area (Å²) in [6.45, 7) is 6.04. The molecule has 21 heavy (non-hydrogen) atoms. The lowest BCUT2D eigenvalue weighted by Gasteiger charge is -2.35. The molecule has 0 bridgehead atoms. The maximum absolute atomic E-state index is 8.81. The smallest absolute Gasteiger partial charge is 0.126 e. The molecule has 2 heterocycles. The van der Waals surface area contributed by atoms with E-state index in [-0.39, 0.29) is 18.5 Å². The molecule has 0 aliphatic carbocycles. The molecule has 0 radical (unpaired) electrons. The van der Waals surface area contributed by atoms with Crippen molar-refractivity contribution in [3.63, 3.8) is 0 Å². The highest BCUT2D eigenvalue weighted by Gasteiger charge is 2.23. The van der Waals surface area contributed by atoms with Crippen LogP contribution in [-0.2, 0) is 4.74 Å². The number of pyridine rings is 1. The largest absolute Gasteiger partial charge is 0.394 e. The van der Waals surface area contributed by atoms with E-state index in [4.69, 9.17) is 21.0 Å². The molecule has 1 aromatic rings. The summed E-state index contributed by atoms with van der Waals surface area (Å²) in [5.74, 6) is 0.0636. The van der Waals surface area contributed by atoms with Crippen LogP contribution < -0.4 is 10.6 Å². The molecule has 4 N–H and O–H groups in total. The van der Waals surface area contributed by atoms with E-state index >= 15 is 0 Å². The number of nitrogens with one attached hydrogen (secondary N) is 1. The first-order valence-electron chi connectivity index (χ1n) is 7.33. The van der Waals surface area contributed by atoms with Crippen molar-refractivity contribution in [2.24, 2.45) is 5.73 Å². The molecule has 1 aliphatic rings. The fourth-order valence-electron chi connectivity index (χ4n) is 2.87. The normalized spacial score (nSPS) is 16.2. The fourth-order valence-corrected chi connectivity index (χ4v) is 2.87. The van der Waals surface area contributed by atoms with Crippen LogP contribution in [0.5, 0.6) is 0 Å². The van der Waals surface area contributed by atoms with Crippen LogP contribution in [0, 0.1) is 19.3 Å². The van der Waals surface area contributed by atoms with Gasteiger partial charge in [-0.3, -0.25) is 10.4 Å². The van der Waals surface area contributed by atoms with Gasteiger partial charge >= 0.3 is 0 Å². The van der Waals surface area contributed by atoms with Gasteiger partial charge in [-0.05, 0) is 32.8 Å². The number of ether oxygens (including phenoxy) is 1. The lowest BCUT2D eigenvalue weighted by atomic mass is 10.0. The van der Waals surface area contributed by atoms with Gasteiger partial charge in [0, 0.05) is 18.8 Å². The number of aromatic nitrogens is 1. The SMILES string of the molecule is Cc1cc(N2CCC(OCCO)CC2)c(C(=N)N)c(C)n1. The van der Waals surface area contributed by atoms with Crippen molar-refractivity contribution in [2.75, 3.05) is 31.2 Å². The number of amidine groups is 1. The first-order chi connectivity index (χ1) is 10.0. The Morgan fingerprint density at radius 2 is 2.14 bits per heavy atom. The van der Waals surface area contributed by atoms with E-state index in [1.54, 1.807) is 0 Å². The second-order valence-corrected chi connectivity index (χ2v) is 5.44. The number of aliphatic hydroxyl groups excluding tert-OH is 1. The maximum atomic E-state index is 8.81. The van der Waals surface area contributed by atoms with Gasteiger partial charge in [0.2, 0.25) is 0 Å². The second kappa shape index (κ2) is 6.87. The van der Waals surface area contributed by atoms with E-state index < -0.39 is 0 Å². The minimum Gasteiger partial charge on any atom is -0.394 e. The number of piperidine rings is 1. The Balaban J connectivity index is 2.14. The van der Waals surface area contributed by atoms with Crippen LogP contribution in [0.4, 0.5) is 5.69 Å². The number of rotatable bonds is 5. The number of nitrogens with two attached hydrogens (primary N) is 1. The number of hydrogen-bond acceptors (Lipinski definition) is 5. The van der Waals surface area contributed by atoms with Crippen LogP contribution in [-0.4, -0.2) is 48.3 Å². The quantitative estimate of drug-likeness (QED) is 0.555. The fraction of sp³-hybridized carbons (Fsp3) is 0.600. The standard InChI is InChI=1S/C15H24N4O2/c1-10-9-13(14(15(16)17)11(2)18-10)19-5-3-12(4-6-19)21-8-7-20/h9,12,20H,3-8H2,1-2H3,(H3,16,17). The summed E-state index contributed by atoms with van der Waals surface area (Å²) >= 11 is 0. The van der Waals surface area contributed by atoms with Gasteiger partial charge in [-0.25, -0.2) is 0 Å². The number of aliphatic hydroxyl groups is 1. The van der Waals surface area contributed by atoms with E-state index in [0.29, 0.717) is 6.61 Å². The van der Waals surface area contributed by atoms with Crippen molar-refractivity contribution < 1.29 is 9.84 Å². The van der Waals surface area contributed by atoms with Gasteiger partial charge in [0.15, 0.2) is 0 Å². The zero-order valence-electron chi connectivity index (χ0n) is 12.7. The van der Waals surface area contributed by atoms with Crippen LogP contribution >= 0.6 is 0 Å². The molecule has 6 nitrogen and oxygen atoms in total. The summed E-state index contributed by atoms with van der Waals surface area (Å²) in [4.78, 5) is 6.65. The number of nitrogen functional groups attached to an aromatic ring is 1. The van der Waals surface area contributed by atoms with Crippen LogP contribution in [0.15, 0.2) is 6.07 Å². The van der Waals surface area contributed by atoms with E-state index in [1.807, 2.05) is 19.9 Å². The molecule has 1 fully saturated rings. The lowest BCUT2D eigenvalue weighted by Crippen LogP contribution is -2.38. The molecule has 1 saturated heterocycles. The first kappa shape index (κ1) is 15.7. The summed E-state index contributed by atoms with van der Waals surface area (Å²) < 4.78 is 5.59. The average Bonchev–Trinajstić information content (AvgIpc) is 2.44. The number of hydrogen-bond donors (Lipinski definition) is 3. The van der Waals surface area contributed by atoms with Crippen molar-refractivity contribution in [2.45, 2.75) is 32.8 Å². The van der Waals surface area contributed by atoms with Crippen LogP contribution in [0.2, 0.25) is 0 Å². The molecular formula is C15H24N4O2. The zero-order chi connectivity index (χ0) is 15.4. The predicted molar refractivity (Wildman–Crippen MR) is 83.0 cm³/mol. The van der Waals surface area contributed by atoms with Crippen molar-refractivity contribution in [1.82, 2.24) is 4.98 Å². The molecule has 1 aromatic heterocycles. The number of nitrogens with zero attached hydrogens (tertiary/aromatic N) is 2. The highest BCUT2D eigenvalue weighted by Crippen LogP contribution is 2.27. The van der Waals surface area contributed by atoms with Gasteiger partial charge in [-0.2, -0.15) is 0 Å². The second-order valence-electron chi connectivity index (χ2n) is 5.44. The van der Waals surface area contributed by atoms with Gasteiger partial charge < -0.3 is 20.5 Å². The van der Waals surface area contributed by atoms with Crippen molar-refractivity contribution in [3.05, 3.63) is 23.0 Å². The van der Waals surface area contributed by atoms with E-state index in [9.17, 15) is 0 Å². The highest BCUT2D eigenvalue weighted by molar-refractivity contribution is 6.01.